The van der Waals surface area contributed by atoms with E-state index < -0.39 is 20.0 Å². The minimum Gasteiger partial charge on any atom is -0.456 e. The number of hydrogen-bond donors (Lipinski definition) is 2. The highest BCUT2D eigenvalue weighted by Crippen LogP contribution is 2.43. The molecule has 0 spiro atoms. The zero-order valence-electron chi connectivity index (χ0n) is 60.3. The molecule has 1 amide bonds. The summed E-state index contributed by atoms with van der Waals surface area (Å²) in [5.41, 5.74) is 0. The van der Waals surface area contributed by atoms with Crippen LogP contribution in [0.2, 0.25) is 0 Å². The van der Waals surface area contributed by atoms with Crippen molar-refractivity contribution in [3.8, 4) is 0 Å². The van der Waals surface area contributed by atoms with Crippen LogP contribution < -0.4 is 5.32 Å². The van der Waals surface area contributed by atoms with Crippen molar-refractivity contribution in [2.45, 2.75) is 437 Å². The summed E-state index contributed by atoms with van der Waals surface area (Å²) in [5.74, 6) is -0.473. The van der Waals surface area contributed by atoms with Crippen LogP contribution in [-0.2, 0) is 27.9 Å². The van der Waals surface area contributed by atoms with Gasteiger partial charge in [-0.3, -0.25) is 18.6 Å². The Kier molecular flexibility index (Phi) is 67.6. The Balaban J connectivity index is 4.88. The molecule has 0 fully saturated rings. The predicted molar refractivity (Wildman–Crippen MR) is 383 cm³/mol. The number of phosphoric ester groups is 1. The molecule has 0 aromatic carbocycles. The zero-order chi connectivity index (χ0) is 64.2. The molecule has 0 bridgehead atoms. The molecule has 0 aromatic rings. The number of rotatable bonds is 74. The molecule has 524 valence electrons. The second-order valence-corrected chi connectivity index (χ2v) is 30.1. The van der Waals surface area contributed by atoms with Gasteiger partial charge in [-0.25, -0.2) is 4.57 Å². The van der Waals surface area contributed by atoms with Gasteiger partial charge in [0.15, 0.2) is 0 Å². The standard InChI is InChI=1S/C78H155N2O7P/c1-7-10-13-16-19-22-25-28-30-32-34-36-38-39-40-41-43-45-47-49-51-53-56-59-62-65-68-71-78(82)87-76(69-66-63-60-57-54-27-24-21-18-15-12-9-3)75(74-86-88(83,84)85-73-72-80(4,5)6)79-77(81)70-67-64-61-58-55-52-50-48-46-44-42-37-35-33-31-29-26-23-20-17-14-11-8-2/h66,69,75-76H,7-65,67-68,70-74H2,1-6H3,(H-,79,81,83,84)/p+1/b69-66+. The van der Waals surface area contributed by atoms with Crippen molar-refractivity contribution in [3.63, 3.8) is 0 Å². The van der Waals surface area contributed by atoms with Crippen LogP contribution >= 0.6 is 7.82 Å². The van der Waals surface area contributed by atoms with Crippen molar-refractivity contribution in [1.29, 1.82) is 0 Å². The zero-order valence-corrected chi connectivity index (χ0v) is 61.2. The number of unbranched alkanes of at least 4 members (excludes halogenated alkanes) is 58. The predicted octanol–water partition coefficient (Wildman–Crippen LogP) is 25.4. The van der Waals surface area contributed by atoms with Gasteiger partial charge in [0.25, 0.3) is 0 Å². The van der Waals surface area contributed by atoms with E-state index in [1.807, 2.05) is 27.2 Å². The Hall–Kier alpha value is -1.25. The van der Waals surface area contributed by atoms with Crippen LogP contribution in [0.4, 0.5) is 0 Å². The van der Waals surface area contributed by atoms with Crippen molar-refractivity contribution >= 4 is 19.7 Å². The van der Waals surface area contributed by atoms with Gasteiger partial charge in [0.1, 0.15) is 19.3 Å². The number of carbonyl (C=O) groups excluding carboxylic acids is 2. The lowest BCUT2D eigenvalue weighted by molar-refractivity contribution is -0.870. The fourth-order valence-corrected chi connectivity index (χ4v) is 13.2. The quantitative estimate of drug-likeness (QED) is 0.0205. The van der Waals surface area contributed by atoms with Gasteiger partial charge in [0.05, 0.1) is 33.8 Å². The first-order chi connectivity index (χ1) is 42.9. The third-order valence-electron chi connectivity index (χ3n) is 18.5. The van der Waals surface area contributed by atoms with Gasteiger partial charge in [-0.2, -0.15) is 0 Å². The van der Waals surface area contributed by atoms with Gasteiger partial charge >= 0.3 is 13.8 Å². The number of nitrogens with zero attached hydrogens (tertiary/aromatic N) is 1. The Morgan fingerprint density at radius 1 is 0.386 bits per heavy atom. The van der Waals surface area contributed by atoms with Crippen molar-refractivity contribution in [1.82, 2.24) is 5.32 Å². The summed E-state index contributed by atoms with van der Waals surface area (Å²) in [7, 11) is 1.53. The molecular weight excluding hydrogens is 1110 g/mol. The van der Waals surface area contributed by atoms with Gasteiger partial charge in [-0.1, -0.05) is 393 Å². The maximum absolute atomic E-state index is 13.6. The maximum atomic E-state index is 13.6. The molecule has 2 N–H and O–H groups in total. The van der Waals surface area contributed by atoms with Gasteiger partial charge in [-0.05, 0) is 31.8 Å². The molecular formula is C78H156N2O7P+. The van der Waals surface area contributed by atoms with Crippen molar-refractivity contribution < 1.29 is 37.3 Å². The Morgan fingerprint density at radius 3 is 0.932 bits per heavy atom. The third kappa shape index (κ3) is 69.1. The normalized spacial score (nSPS) is 13.4. The number of allylic oxidation sites excluding steroid dienone is 1. The number of nitrogens with one attached hydrogen (secondary N) is 1. The number of hydrogen-bond acceptors (Lipinski definition) is 6. The van der Waals surface area contributed by atoms with Crippen LogP contribution in [0.25, 0.3) is 0 Å². The summed E-state index contributed by atoms with van der Waals surface area (Å²) in [4.78, 5) is 38.0. The summed E-state index contributed by atoms with van der Waals surface area (Å²) in [6, 6.07) is -0.841. The average Bonchev–Trinajstić information content (AvgIpc) is 3.62. The number of likely N-dealkylation sites (N-methyl/N-ethyl adjacent to an activating group) is 1. The molecule has 0 saturated carbocycles. The average molecular weight is 1270 g/mol. The van der Waals surface area contributed by atoms with Crippen LogP contribution in [0.15, 0.2) is 12.2 Å². The highest BCUT2D eigenvalue weighted by molar-refractivity contribution is 7.47. The molecule has 0 rings (SSSR count). The number of amides is 1. The number of phosphoric acid groups is 1. The highest BCUT2D eigenvalue weighted by Gasteiger charge is 2.30. The van der Waals surface area contributed by atoms with Gasteiger partial charge < -0.3 is 19.4 Å². The maximum Gasteiger partial charge on any atom is 0.472 e. The van der Waals surface area contributed by atoms with E-state index in [1.165, 1.54) is 334 Å². The molecule has 0 aromatic heterocycles. The largest absolute Gasteiger partial charge is 0.472 e. The summed E-state index contributed by atoms with van der Waals surface area (Å²) in [6.45, 7) is 7.11. The number of ether oxygens (including phenoxy) is 1. The minimum atomic E-state index is -4.45. The molecule has 0 aliphatic heterocycles. The fraction of sp³-hybridized carbons (Fsp3) is 0.949. The lowest BCUT2D eigenvalue weighted by atomic mass is 10.0. The van der Waals surface area contributed by atoms with Crippen molar-refractivity contribution in [3.05, 3.63) is 12.2 Å². The van der Waals surface area contributed by atoms with Crippen molar-refractivity contribution in [2.24, 2.45) is 0 Å². The van der Waals surface area contributed by atoms with Gasteiger partial charge in [0, 0.05) is 12.8 Å². The fourth-order valence-electron chi connectivity index (χ4n) is 12.4. The molecule has 0 aliphatic rings. The summed E-state index contributed by atoms with van der Waals surface area (Å²) in [5, 5.41) is 3.09. The van der Waals surface area contributed by atoms with Crippen LogP contribution in [0.5, 0.6) is 0 Å². The Bertz CT molecular complexity index is 1500. The first-order valence-corrected chi connectivity index (χ1v) is 41.0. The Morgan fingerprint density at radius 2 is 0.648 bits per heavy atom. The summed E-state index contributed by atoms with van der Waals surface area (Å²) < 4.78 is 30.9. The van der Waals surface area contributed by atoms with E-state index in [0.717, 1.165) is 57.8 Å². The van der Waals surface area contributed by atoms with E-state index in [-0.39, 0.29) is 25.1 Å². The molecule has 3 unspecified atom stereocenters. The lowest BCUT2D eigenvalue weighted by Gasteiger charge is -2.27. The second kappa shape index (κ2) is 68.6. The first-order valence-electron chi connectivity index (χ1n) is 39.5. The third-order valence-corrected chi connectivity index (χ3v) is 19.5. The molecule has 88 heavy (non-hydrogen) atoms. The van der Waals surface area contributed by atoms with E-state index in [9.17, 15) is 19.0 Å². The Labute approximate surface area is 550 Å². The number of esters is 1. The second-order valence-electron chi connectivity index (χ2n) is 28.6. The van der Waals surface area contributed by atoms with Crippen LogP contribution in [0.1, 0.15) is 425 Å². The SMILES string of the molecule is CCCCCCCCCCCC/C=C/C(OC(=O)CCCCCCCCCCCCCCCCCCCCCCCCCCCCC)C(COP(=O)(O)OCC[N+](C)(C)C)NC(=O)CCCCCCCCCCCCCCCCCCCCCCCCC. The molecule has 3 atom stereocenters. The number of carbonyl (C=O) groups is 2. The van der Waals surface area contributed by atoms with Gasteiger partial charge in [0.2, 0.25) is 5.91 Å². The van der Waals surface area contributed by atoms with E-state index in [0.29, 0.717) is 23.9 Å². The van der Waals surface area contributed by atoms with Crippen LogP contribution in [0.3, 0.4) is 0 Å². The molecule has 0 saturated heterocycles. The molecule has 0 heterocycles. The van der Waals surface area contributed by atoms with Crippen LogP contribution in [0, 0.1) is 0 Å². The number of quaternary nitrogens is 1. The van der Waals surface area contributed by atoms with E-state index in [1.54, 1.807) is 0 Å². The molecule has 10 heteroatoms. The van der Waals surface area contributed by atoms with E-state index in [2.05, 4.69) is 32.2 Å². The summed E-state index contributed by atoms with van der Waals surface area (Å²) in [6.07, 6.45) is 84.0. The molecule has 9 nitrogen and oxygen atoms in total. The first kappa shape index (κ1) is 86.8. The van der Waals surface area contributed by atoms with Crippen molar-refractivity contribution in [2.75, 3.05) is 40.9 Å². The summed E-state index contributed by atoms with van der Waals surface area (Å²) >= 11 is 0. The monoisotopic (exact) mass is 1260 g/mol. The molecule has 0 radical (unpaired) electrons. The highest BCUT2D eigenvalue weighted by atomic mass is 31.2. The minimum absolute atomic E-state index is 0.0463. The van der Waals surface area contributed by atoms with Crippen LogP contribution in [-0.4, -0.2) is 74.3 Å². The topological polar surface area (TPSA) is 111 Å². The van der Waals surface area contributed by atoms with Gasteiger partial charge in [-0.15, -0.1) is 0 Å². The smallest absolute Gasteiger partial charge is 0.456 e. The lowest BCUT2D eigenvalue weighted by Crippen LogP contribution is -2.47. The van der Waals surface area contributed by atoms with E-state index in [4.69, 9.17) is 13.8 Å². The van der Waals surface area contributed by atoms with E-state index >= 15 is 0 Å². The molecule has 0 aliphatic carbocycles.